The summed E-state index contributed by atoms with van der Waals surface area (Å²) in [5.41, 5.74) is 0. The fourth-order valence-corrected chi connectivity index (χ4v) is 0. The summed E-state index contributed by atoms with van der Waals surface area (Å²) in [6, 6.07) is 0. The van der Waals surface area contributed by atoms with Crippen LogP contribution in [-0.2, 0) is 55.2 Å². The molecule has 8 heavy (non-hydrogen) atoms. The third-order valence-corrected chi connectivity index (χ3v) is 0. The van der Waals surface area contributed by atoms with Crippen LogP contribution in [0.5, 0.6) is 0 Å². The summed E-state index contributed by atoms with van der Waals surface area (Å²) in [4.78, 5) is 0. The Morgan fingerprint density at radius 2 is 1.12 bits per heavy atom. The molecule has 0 N–H and O–H groups in total. The Morgan fingerprint density at radius 1 is 1.12 bits per heavy atom. The van der Waals surface area contributed by atoms with Crippen LogP contribution in [0.25, 0.3) is 0 Å². The third kappa shape index (κ3) is 93.7. The van der Waals surface area contributed by atoms with Crippen LogP contribution in [0.15, 0.2) is 0 Å². The first-order valence-electron chi connectivity index (χ1n) is 0.617. The molecule has 0 amide bonds. The first-order chi connectivity index (χ1) is 2.00. The van der Waals surface area contributed by atoms with E-state index < -0.39 is 13.4 Å². The zero-order valence-corrected chi connectivity index (χ0v) is 8.89. The monoisotopic (exact) mass is 261 g/mol. The molecule has 0 bridgehead atoms. The molecular weight excluding hydrogens is 261 g/mol. The van der Waals surface area contributed by atoms with Gasteiger partial charge in [-0.15, -0.1) is 0 Å². The molecule has 0 rings (SSSR count). The Labute approximate surface area is 91.9 Å². The third-order valence-electron chi connectivity index (χ3n) is 0. The molecule has 4 nitrogen and oxygen atoms in total. The SMILES string of the molecule is [Cu+2].[Fe+2].[Na+].[O]=[Mn](=[O])([O-])[O-]. The van der Waals surface area contributed by atoms with Crippen molar-refractivity contribution < 1.29 is 93.1 Å². The van der Waals surface area contributed by atoms with E-state index >= 15 is 0 Å². The average Bonchev–Trinajstić information content (AvgIpc) is 0.722. The second-order valence-corrected chi connectivity index (χ2v) is 1.56. The number of hydrogen-bond acceptors (Lipinski definition) is 4. The molecule has 0 unspecified atom stereocenters. The molecule has 8 heteroatoms. The molecule has 0 aromatic heterocycles. The van der Waals surface area contributed by atoms with Gasteiger partial charge >= 0.3 is 93.1 Å². The molecule has 0 fully saturated rings. The van der Waals surface area contributed by atoms with Gasteiger partial charge in [-0.2, -0.15) is 0 Å². The molecule has 0 saturated carbocycles. The molecule has 0 aromatic carbocycles. The van der Waals surface area contributed by atoms with Crippen molar-refractivity contribution in [2.24, 2.45) is 0 Å². The Balaban J connectivity index is -0.0000000267. The normalized spacial score (nSPS) is 7.25. The molecular formula is CuFeMnNaO4+3. The molecule has 0 saturated heterocycles. The van der Waals surface area contributed by atoms with E-state index in [-0.39, 0.29) is 63.7 Å². The number of hydrogen-bond donors (Lipinski definition) is 0. The van der Waals surface area contributed by atoms with E-state index in [4.69, 9.17) is 16.0 Å². The second kappa shape index (κ2) is 9.08. The summed E-state index contributed by atoms with van der Waals surface area (Å²) < 4.78 is 34.3. The van der Waals surface area contributed by atoms with E-state index in [1.54, 1.807) is 0 Å². The van der Waals surface area contributed by atoms with Crippen molar-refractivity contribution in [2.45, 2.75) is 0 Å². The van der Waals surface area contributed by atoms with Crippen molar-refractivity contribution in [1.29, 1.82) is 0 Å². The van der Waals surface area contributed by atoms with Gasteiger partial charge in [-0.05, 0) is 0 Å². The van der Waals surface area contributed by atoms with E-state index in [1.165, 1.54) is 0 Å². The van der Waals surface area contributed by atoms with Crippen LogP contribution in [-0.4, -0.2) is 0 Å². The maximum atomic E-state index is 8.58. The van der Waals surface area contributed by atoms with E-state index in [9.17, 15) is 0 Å². The van der Waals surface area contributed by atoms with Gasteiger partial charge in [-0.3, -0.25) is 0 Å². The van der Waals surface area contributed by atoms with Crippen LogP contribution in [0, 0.1) is 0 Å². The topological polar surface area (TPSA) is 80.3 Å². The van der Waals surface area contributed by atoms with Crippen molar-refractivity contribution in [1.82, 2.24) is 0 Å². The summed E-state index contributed by atoms with van der Waals surface area (Å²) in [6.45, 7) is 0. The minimum atomic E-state index is -5.62. The molecule has 0 aliphatic heterocycles. The summed E-state index contributed by atoms with van der Waals surface area (Å²) in [5, 5.41) is 0. The molecule has 0 aliphatic rings. The van der Waals surface area contributed by atoms with Crippen LogP contribution in [0.1, 0.15) is 0 Å². The Kier molecular flexibility index (Phi) is 25.5. The predicted molar refractivity (Wildman–Crippen MR) is 1.37 cm³/mol. The van der Waals surface area contributed by atoms with Gasteiger partial charge in [0, 0.05) is 0 Å². The van der Waals surface area contributed by atoms with Gasteiger partial charge < -0.3 is 0 Å². The van der Waals surface area contributed by atoms with Gasteiger partial charge in [0.2, 0.25) is 0 Å². The maximum absolute atomic E-state index is 8.58. The molecule has 0 spiro atoms. The summed E-state index contributed by atoms with van der Waals surface area (Å²) >= 11 is -5.62. The van der Waals surface area contributed by atoms with Gasteiger partial charge in [-0.1, -0.05) is 0 Å². The van der Waals surface area contributed by atoms with Crippen molar-refractivity contribution in [3.63, 3.8) is 0 Å². The second-order valence-electron chi connectivity index (χ2n) is 0.378. The van der Waals surface area contributed by atoms with Crippen LogP contribution >= 0.6 is 0 Å². The van der Waals surface area contributed by atoms with E-state index in [1.807, 2.05) is 0 Å². The van der Waals surface area contributed by atoms with E-state index in [0.717, 1.165) is 0 Å². The summed E-state index contributed by atoms with van der Waals surface area (Å²) in [6.07, 6.45) is 0. The van der Waals surface area contributed by atoms with Crippen LogP contribution < -0.4 is 37.9 Å². The minimum absolute atomic E-state index is 0. The molecule has 0 atom stereocenters. The van der Waals surface area contributed by atoms with Crippen LogP contribution in [0.3, 0.4) is 0 Å². The Bertz CT molecular complexity index is 99.2. The van der Waals surface area contributed by atoms with Gasteiger partial charge in [0.25, 0.3) is 0 Å². The Morgan fingerprint density at radius 3 is 1.12 bits per heavy atom. The fraction of sp³-hybridized carbons (Fsp3) is 0. The molecule has 48 valence electrons. The van der Waals surface area contributed by atoms with E-state index in [2.05, 4.69) is 0 Å². The van der Waals surface area contributed by atoms with Gasteiger partial charge in [0.1, 0.15) is 0 Å². The molecule has 0 aliphatic carbocycles. The average molecular weight is 261 g/mol. The standard InChI is InChI=1S/Cu.Fe.Mn.Na.4O/q2*+2;;+1;;;2*-1. The van der Waals surface area contributed by atoms with Crippen LogP contribution in [0.2, 0.25) is 0 Å². The molecule has 1 radical (unpaired) electrons. The van der Waals surface area contributed by atoms with Crippen molar-refractivity contribution in [2.75, 3.05) is 0 Å². The molecule has 0 aromatic rings. The number of rotatable bonds is 0. The van der Waals surface area contributed by atoms with Gasteiger partial charge in [0.05, 0.1) is 0 Å². The van der Waals surface area contributed by atoms with Gasteiger partial charge in [-0.25, -0.2) is 0 Å². The summed E-state index contributed by atoms with van der Waals surface area (Å²) in [5.74, 6) is 0. The first kappa shape index (κ1) is 22.5. The van der Waals surface area contributed by atoms with Crippen molar-refractivity contribution in [3.05, 3.63) is 0 Å². The fourth-order valence-electron chi connectivity index (χ4n) is 0. The van der Waals surface area contributed by atoms with Crippen molar-refractivity contribution in [3.8, 4) is 0 Å². The summed E-state index contributed by atoms with van der Waals surface area (Å²) in [7, 11) is 0. The zero-order valence-electron chi connectivity index (χ0n) is 3.67. The Hall–Kier alpha value is 2.08. The quantitative estimate of drug-likeness (QED) is 0.407. The van der Waals surface area contributed by atoms with E-state index in [0.29, 0.717) is 0 Å². The van der Waals surface area contributed by atoms with Crippen LogP contribution in [0.4, 0.5) is 0 Å². The predicted octanol–water partition coefficient (Wildman–Crippen LogP) is -5.62. The van der Waals surface area contributed by atoms with Crippen molar-refractivity contribution >= 4 is 0 Å². The first-order valence-corrected chi connectivity index (χ1v) is 2.54. The van der Waals surface area contributed by atoms with Gasteiger partial charge in [0.15, 0.2) is 0 Å². The zero-order chi connectivity index (χ0) is 4.50. The molecule has 0 heterocycles.